The van der Waals surface area contributed by atoms with E-state index in [-0.39, 0.29) is 16.4 Å². The van der Waals surface area contributed by atoms with Crippen LogP contribution < -0.4 is 5.73 Å². The highest BCUT2D eigenvalue weighted by molar-refractivity contribution is 6.31. The quantitative estimate of drug-likeness (QED) is 0.715. The summed E-state index contributed by atoms with van der Waals surface area (Å²) in [6.45, 7) is 0. The van der Waals surface area contributed by atoms with Gasteiger partial charge in [0.1, 0.15) is 5.82 Å². The van der Waals surface area contributed by atoms with Gasteiger partial charge in [0, 0.05) is 5.54 Å². The Kier molecular flexibility index (Phi) is 1.63. The summed E-state index contributed by atoms with van der Waals surface area (Å²) in [7, 11) is 0. The van der Waals surface area contributed by atoms with Gasteiger partial charge in [0.25, 0.3) is 0 Å². The van der Waals surface area contributed by atoms with Gasteiger partial charge in [-0.15, -0.1) is 0 Å². The summed E-state index contributed by atoms with van der Waals surface area (Å²) in [6, 6.07) is 4.78. The molecule has 1 aromatic rings. The molecule has 0 spiro atoms. The van der Waals surface area contributed by atoms with Crippen molar-refractivity contribution >= 4 is 11.6 Å². The van der Waals surface area contributed by atoms with Crippen molar-refractivity contribution < 1.29 is 4.39 Å². The first kappa shape index (κ1) is 8.02. The third-order valence-electron chi connectivity index (χ3n) is 2.28. The van der Waals surface area contributed by atoms with Crippen LogP contribution in [0.2, 0.25) is 5.02 Å². The molecule has 0 saturated heterocycles. The third-order valence-corrected chi connectivity index (χ3v) is 2.66. The smallest absolute Gasteiger partial charge is 0.142 e. The molecule has 0 unspecified atom stereocenters. The Hall–Kier alpha value is -0.600. The molecule has 0 aliphatic heterocycles. The van der Waals surface area contributed by atoms with Crippen LogP contribution in [0.1, 0.15) is 18.4 Å². The predicted molar refractivity (Wildman–Crippen MR) is 46.5 cm³/mol. The van der Waals surface area contributed by atoms with E-state index in [4.69, 9.17) is 17.3 Å². The first-order valence-electron chi connectivity index (χ1n) is 3.87. The molecule has 1 saturated carbocycles. The number of rotatable bonds is 1. The second-order valence-corrected chi connectivity index (χ2v) is 3.64. The van der Waals surface area contributed by atoms with Crippen molar-refractivity contribution in [2.45, 2.75) is 18.4 Å². The van der Waals surface area contributed by atoms with Crippen molar-refractivity contribution in [2.24, 2.45) is 5.73 Å². The third kappa shape index (κ3) is 1.11. The molecule has 1 nitrogen and oxygen atoms in total. The van der Waals surface area contributed by atoms with Gasteiger partial charge in [-0.05, 0) is 24.5 Å². The Labute approximate surface area is 75.3 Å². The normalized spacial score (nSPS) is 19.2. The first-order valence-corrected chi connectivity index (χ1v) is 4.25. The fourth-order valence-electron chi connectivity index (χ4n) is 1.29. The van der Waals surface area contributed by atoms with Gasteiger partial charge in [0.2, 0.25) is 0 Å². The van der Waals surface area contributed by atoms with Crippen molar-refractivity contribution in [3.05, 3.63) is 34.6 Å². The summed E-state index contributed by atoms with van der Waals surface area (Å²) >= 11 is 5.76. The molecule has 0 atom stereocenters. The second-order valence-electron chi connectivity index (χ2n) is 3.26. The minimum absolute atomic E-state index is 0.178. The van der Waals surface area contributed by atoms with Crippen molar-refractivity contribution in [3.63, 3.8) is 0 Å². The van der Waals surface area contributed by atoms with E-state index in [2.05, 4.69) is 0 Å². The molecule has 0 amide bonds. The van der Waals surface area contributed by atoms with Crippen molar-refractivity contribution in [3.8, 4) is 0 Å². The largest absolute Gasteiger partial charge is 0.321 e. The summed E-state index contributed by atoms with van der Waals surface area (Å²) in [5.41, 5.74) is 6.28. The minimum atomic E-state index is -0.383. The summed E-state index contributed by atoms with van der Waals surface area (Å²) in [5.74, 6) is -0.383. The Bertz CT molecular complexity index is 320. The van der Waals surface area contributed by atoms with E-state index in [1.165, 1.54) is 6.07 Å². The Balaban J connectivity index is 2.51. The molecule has 0 aromatic heterocycles. The van der Waals surface area contributed by atoms with Gasteiger partial charge in [-0.3, -0.25) is 0 Å². The van der Waals surface area contributed by atoms with E-state index < -0.39 is 0 Å². The molecular weight excluding hydrogens is 177 g/mol. The monoisotopic (exact) mass is 185 g/mol. The van der Waals surface area contributed by atoms with Gasteiger partial charge in [-0.2, -0.15) is 0 Å². The fraction of sp³-hybridized carbons (Fsp3) is 0.333. The fourth-order valence-corrected chi connectivity index (χ4v) is 1.61. The van der Waals surface area contributed by atoms with Crippen LogP contribution in [0.4, 0.5) is 4.39 Å². The Morgan fingerprint density at radius 3 is 2.67 bits per heavy atom. The maximum Gasteiger partial charge on any atom is 0.142 e. The van der Waals surface area contributed by atoms with E-state index >= 15 is 0 Å². The highest BCUT2D eigenvalue weighted by atomic mass is 35.5. The van der Waals surface area contributed by atoms with Crippen LogP contribution >= 0.6 is 11.6 Å². The van der Waals surface area contributed by atoms with Crippen LogP contribution in [0.5, 0.6) is 0 Å². The van der Waals surface area contributed by atoms with E-state index in [0.717, 1.165) is 18.4 Å². The van der Waals surface area contributed by atoms with Crippen LogP contribution in [0.25, 0.3) is 0 Å². The lowest BCUT2D eigenvalue weighted by atomic mass is 10.1. The zero-order valence-electron chi connectivity index (χ0n) is 6.48. The first-order chi connectivity index (χ1) is 5.63. The molecule has 1 aromatic carbocycles. The van der Waals surface area contributed by atoms with Crippen molar-refractivity contribution in [2.75, 3.05) is 0 Å². The molecule has 0 bridgehead atoms. The van der Waals surface area contributed by atoms with E-state index in [0.29, 0.717) is 0 Å². The lowest BCUT2D eigenvalue weighted by molar-refractivity contribution is 0.619. The molecule has 1 fully saturated rings. The molecule has 12 heavy (non-hydrogen) atoms. The highest BCUT2D eigenvalue weighted by Gasteiger charge is 2.41. The van der Waals surface area contributed by atoms with Gasteiger partial charge in [-0.25, -0.2) is 4.39 Å². The number of nitrogens with two attached hydrogens (primary N) is 1. The molecule has 0 radical (unpaired) electrons. The predicted octanol–water partition coefficient (Wildman–Crippen LogP) is 2.43. The highest BCUT2D eigenvalue weighted by Crippen LogP contribution is 2.45. The molecule has 0 heterocycles. The number of hydrogen-bond acceptors (Lipinski definition) is 1. The average Bonchev–Trinajstić information content (AvgIpc) is 2.75. The van der Waals surface area contributed by atoms with Crippen molar-refractivity contribution in [1.82, 2.24) is 0 Å². The van der Waals surface area contributed by atoms with Gasteiger partial charge >= 0.3 is 0 Å². The molecule has 1 aliphatic rings. The van der Waals surface area contributed by atoms with Gasteiger partial charge < -0.3 is 5.73 Å². The Morgan fingerprint density at radius 1 is 1.42 bits per heavy atom. The van der Waals surface area contributed by atoms with E-state index in [9.17, 15) is 4.39 Å². The molecule has 2 rings (SSSR count). The van der Waals surface area contributed by atoms with Crippen LogP contribution in [0, 0.1) is 5.82 Å². The van der Waals surface area contributed by atoms with Crippen LogP contribution in [0.15, 0.2) is 18.2 Å². The number of benzene rings is 1. The lowest BCUT2D eigenvalue weighted by Gasteiger charge is -2.10. The minimum Gasteiger partial charge on any atom is -0.321 e. The van der Waals surface area contributed by atoms with Crippen LogP contribution in [-0.2, 0) is 5.54 Å². The summed E-state index contributed by atoms with van der Waals surface area (Å²) < 4.78 is 12.9. The molecular formula is C9H9ClFN. The van der Waals surface area contributed by atoms with Crippen molar-refractivity contribution in [1.29, 1.82) is 0 Å². The average molecular weight is 186 g/mol. The maximum atomic E-state index is 12.9. The lowest BCUT2D eigenvalue weighted by Crippen LogP contribution is -2.19. The molecule has 1 aliphatic carbocycles. The van der Waals surface area contributed by atoms with Crippen LogP contribution in [0.3, 0.4) is 0 Å². The molecule has 64 valence electrons. The Morgan fingerprint density at radius 2 is 2.08 bits per heavy atom. The van der Waals surface area contributed by atoms with Gasteiger partial charge in [-0.1, -0.05) is 23.7 Å². The zero-order chi connectivity index (χ0) is 8.77. The summed E-state index contributed by atoms with van der Waals surface area (Å²) in [4.78, 5) is 0. The van der Waals surface area contributed by atoms with E-state index in [1.54, 1.807) is 12.1 Å². The van der Waals surface area contributed by atoms with Crippen LogP contribution in [-0.4, -0.2) is 0 Å². The van der Waals surface area contributed by atoms with Gasteiger partial charge in [0.05, 0.1) is 5.02 Å². The zero-order valence-corrected chi connectivity index (χ0v) is 7.24. The standard InChI is InChI=1S/C9H9ClFN/c10-8-6(9(12)4-5-9)2-1-3-7(8)11/h1-3H,4-5,12H2. The van der Waals surface area contributed by atoms with E-state index in [1.807, 2.05) is 0 Å². The van der Waals surface area contributed by atoms with Gasteiger partial charge in [0.15, 0.2) is 0 Å². The molecule has 3 heteroatoms. The summed E-state index contributed by atoms with van der Waals surface area (Å²) in [6.07, 6.45) is 1.80. The maximum absolute atomic E-state index is 12.9. The summed E-state index contributed by atoms with van der Waals surface area (Å²) in [5, 5.41) is 0.178. The molecule has 2 N–H and O–H groups in total. The topological polar surface area (TPSA) is 26.0 Å². The number of hydrogen-bond donors (Lipinski definition) is 1. The second kappa shape index (κ2) is 2.44. The SMILES string of the molecule is NC1(c2cccc(F)c2Cl)CC1. The number of halogens is 2.